The Hall–Kier alpha value is -2.75. The molecular formula is C19H26N6O4. The van der Waals surface area contributed by atoms with E-state index < -0.39 is 5.41 Å². The van der Waals surface area contributed by atoms with Gasteiger partial charge in [-0.25, -0.2) is 4.98 Å². The van der Waals surface area contributed by atoms with Gasteiger partial charge in [-0.2, -0.15) is 4.98 Å². The molecule has 3 heterocycles. The van der Waals surface area contributed by atoms with Gasteiger partial charge in [0, 0.05) is 51.6 Å². The fraction of sp³-hybridized carbons (Fsp3) is 0.632. The van der Waals surface area contributed by atoms with Gasteiger partial charge in [-0.05, 0) is 25.7 Å². The van der Waals surface area contributed by atoms with Crippen molar-refractivity contribution >= 4 is 11.8 Å². The van der Waals surface area contributed by atoms with Gasteiger partial charge in [0.05, 0.1) is 11.7 Å². The van der Waals surface area contributed by atoms with Crippen LogP contribution in [0.5, 0.6) is 0 Å². The quantitative estimate of drug-likeness (QED) is 0.707. The lowest BCUT2D eigenvalue weighted by molar-refractivity contribution is -0.134. The van der Waals surface area contributed by atoms with E-state index in [1.807, 2.05) is 15.7 Å². The van der Waals surface area contributed by atoms with Crippen LogP contribution in [-0.4, -0.2) is 69.3 Å². The van der Waals surface area contributed by atoms with Gasteiger partial charge in [-0.15, -0.1) is 0 Å². The minimum Gasteiger partial charge on any atom is -0.375 e. The van der Waals surface area contributed by atoms with Gasteiger partial charge in [-0.1, -0.05) is 5.16 Å². The minimum atomic E-state index is -0.424. The van der Waals surface area contributed by atoms with Crippen LogP contribution in [0.2, 0.25) is 0 Å². The molecule has 4 rings (SSSR count). The molecule has 1 saturated heterocycles. The predicted molar refractivity (Wildman–Crippen MR) is 101 cm³/mol. The first-order valence-electron chi connectivity index (χ1n) is 9.83. The highest BCUT2D eigenvalue weighted by Gasteiger charge is 2.58. The maximum Gasteiger partial charge on any atom is 0.248 e. The summed E-state index contributed by atoms with van der Waals surface area (Å²) in [6.07, 6.45) is 7.07. The van der Waals surface area contributed by atoms with E-state index in [0.29, 0.717) is 44.2 Å². The summed E-state index contributed by atoms with van der Waals surface area (Å²) in [6, 6.07) is 0.0159. The number of likely N-dealkylation sites (tertiary alicyclic amines) is 1. The number of fused-ring (bicyclic) bond motifs is 1. The van der Waals surface area contributed by atoms with E-state index in [1.165, 1.54) is 7.11 Å². The summed E-state index contributed by atoms with van der Waals surface area (Å²) in [4.78, 5) is 35.1. The smallest absolute Gasteiger partial charge is 0.248 e. The molecule has 29 heavy (non-hydrogen) atoms. The molecule has 0 radical (unpaired) electrons. The molecule has 1 aliphatic carbocycles. The van der Waals surface area contributed by atoms with Gasteiger partial charge >= 0.3 is 0 Å². The van der Waals surface area contributed by atoms with Crippen LogP contribution in [0, 0.1) is 12.8 Å². The Morgan fingerprint density at radius 1 is 1.45 bits per heavy atom. The third-order valence-corrected chi connectivity index (χ3v) is 5.97. The topological polar surface area (TPSA) is 115 Å². The van der Waals surface area contributed by atoms with Crippen LogP contribution in [0.25, 0.3) is 0 Å². The summed E-state index contributed by atoms with van der Waals surface area (Å²) >= 11 is 0. The van der Waals surface area contributed by atoms with Crippen molar-refractivity contribution in [1.82, 2.24) is 29.9 Å². The molecule has 0 bridgehead atoms. The monoisotopic (exact) mass is 402 g/mol. The van der Waals surface area contributed by atoms with E-state index in [1.54, 1.807) is 19.4 Å². The number of carbonyl (C=O) groups is 2. The van der Waals surface area contributed by atoms with Crippen LogP contribution >= 0.6 is 0 Å². The van der Waals surface area contributed by atoms with Crippen LogP contribution in [0.1, 0.15) is 31.0 Å². The third-order valence-electron chi connectivity index (χ3n) is 5.97. The molecule has 1 aliphatic heterocycles. The number of nitrogens with zero attached hydrogens (tertiary/aromatic N) is 5. The van der Waals surface area contributed by atoms with Crippen LogP contribution in [0.3, 0.4) is 0 Å². The Morgan fingerprint density at radius 2 is 2.31 bits per heavy atom. The standard InChI is InChI=1S/C19H26N6O4/c1-13-21-18(29-23-13)19-8-15(22-16(26)3-5-24-6-4-20-12-24)7-14(19)9-25(11-19)17(27)10-28-2/h4,6,12,14-15H,3,5,7-11H2,1-2H3,(H,22,26)/t14?,15-,19+/m1/s1. The molecular weight excluding hydrogens is 376 g/mol. The summed E-state index contributed by atoms with van der Waals surface area (Å²) in [7, 11) is 1.52. The van der Waals surface area contributed by atoms with Crippen LogP contribution < -0.4 is 5.32 Å². The molecule has 2 fully saturated rings. The second-order valence-electron chi connectivity index (χ2n) is 7.96. The summed E-state index contributed by atoms with van der Waals surface area (Å²) in [6.45, 7) is 3.54. The second kappa shape index (κ2) is 7.94. The molecule has 1 saturated carbocycles. The molecule has 3 atom stereocenters. The molecule has 10 nitrogen and oxygen atoms in total. The van der Waals surface area contributed by atoms with Crippen molar-refractivity contribution in [1.29, 1.82) is 0 Å². The zero-order valence-corrected chi connectivity index (χ0v) is 16.7. The van der Waals surface area contributed by atoms with Gasteiger partial charge in [-0.3, -0.25) is 9.59 Å². The van der Waals surface area contributed by atoms with Crippen molar-refractivity contribution in [3.63, 3.8) is 0 Å². The highest BCUT2D eigenvalue weighted by molar-refractivity contribution is 5.78. The Bertz CT molecular complexity index is 866. The highest BCUT2D eigenvalue weighted by Crippen LogP contribution is 2.50. The first-order valence-corrected chi connectivity index (χ1v) is 9.83. The molecule has 1 N–H and O–H groups in total. The lowest BCUT2D eigenvalue weighted by Crippen LogP contribution is -2.40. The zero-order chi connectivity index (χ0) is 20.4. The number of methoxy groups -OCH3 is 1. The average Bonchev–Trinajstić information content (AvgIpc) is 3.43. The Morgan fingerprint density at radius 3 is 3.00 bits per heavy atom. The number of carbonyl (C=O) groups excluding carboxylic acids is 2. The number of hydrogen-bond acceptors (Lipinski definition) is 7. The fourth-order valence-corrected chi connectivity index (χ4v) is 4.67. The number of aryl methyl sites for hydroxylation is 2. The van der Waals surface area contributed by atoms with Gasteiger partial charge in [0.2, 0.25) is 17.7 Å². The zero-order valence-electron chi connectivity index (χ0n) is 16.7. The van der Waals surface area contributed by atoms with E-state index >= 15 is 0 Å². The number of nitrogens with one attached hydrogen (secondary N) is 1. The second-order valence-corrected chi connectivity index (χ2v) is 7.96. The van der Waals surface area contributed by atoms with Crippen molar-refractivity contribution in [2.45, 2.75) is 44.2 Å². The summed E-state index contributed by atoms with van der Waals surface area (Å²) < 4.78 is 12.4. The molecule has 1 unspecified atom stereocenters. The van der Waals surface area contributed by atoms with Crippen LogP contribution in [0.15, 0.2) is 23.2 Å². The van der Waals surface area contributed by atoms with Gasteiger partial charge in [0.15, 0.2) is 5.82 Å². The predicted octanol–water partition coefficient (Wildman–Crippen LogP) is 0.286. The number of rotatable bonds is 7. The van der Waals surface area contributed by atoms with Crippen molar-refractivity contribution in [2.75, 3.05) is 26.8 Å². The van der Waals surface area contributed by atoms with E-state index in [4.69, 9.17) is 9.26 Å². The average molecular weight is 402 g/mol. The van der Waals surface area contributed by atoms with Gasteiger partial charge in [0.25, 0.3) is 0 Å². The molecule has 0 aromatic carbocycles. The number of hydrogen-bond donors (Lipinski definition) is 1. The van der Waals surface area contributed by atoms with Crippen LogP contribution in [-0.2, 0) is 26.3 Å². The van der Waals surface area contributed by atoms with E-state index in [0.717, 1.165) is 6.42 Å². The maximum absolute atomic E-state index is 12.4. The minimum absolute atomic E-state index is 0.00727. The molecule has 2 aromatic heterocycles. The first kappa shape index (κ1) is 19.6. The maximum atomic E-state index is 12.4. The number of ether oxygens (including phenoxy) is 1. The van der Waals surface area contributed by atoms with E-state index in [2.05, 4.69) is 20.4 Å². The van der Waals surface area contributed by atoms with Crippen molar-refractivity contribution in [3.05, 3.63) is 30.4 Å². The molecule has 156 valence electrons. The molecule has 2 amide bonds. The van der Waals surface area contributed by atoms with Crippen LogP contribution in [0.4, 0.5) is 0 Å². The van der Waals surface area contributed by atoms with Gasteiger partial charge < -0.3 is 24.0 Å². The van der Waals surface area contributed by atoms with E-state index in [-0.39, 0.29) is 30.4 Å². The molecule has 2 aromatic rings. The normalized spacial score (nSPS) is 25.9. The lowest BCUT2D eigenvalue weighted by Gasteiger charge is -2.25. The Labute approximate surface area is 168 Å². The highest BCUT2D eigenvalue weighted by atomic mass is 16.5. The van der Waals surface area contributed by atoms with Crippen molar-refractivity contribution < 1.29 is 18.8 Å². The Kier molecular flexibility index (Phi) is 5.35. The SMILES string of the molecule is COCC(=O)N1CC2C[C@@H](NC(=O)CCn3ccnc3)C[C@]2(c2nc(C)no2)C1. The fourth-order valence-electron chi connectivity index (χ4n) is 4.67. The van der Waals surface area contributed by atoms with Crippen molar-refractivity contribution in [2.24, 2.45) is 5.92 Å². The Balaban J connectivity index is 1.44. The first-order chi connectivity index (χ1) is 14.0. The summed E-state index contributed by atoms with van der Waals surface area (Å²) in [5.41, 5.74) is -0.424. The largest absolute Gasteiger partial charge is 0.375 e. The number of imidazole rings is 1. The summed E-state index contributed by atoms with van der Waals surface area (Å²) in [5, 5.41) is 7.11. The third kappa shape index (κ3) is 3.89. The molecule has 0 spiro atoms. The number of aromatic nitrogens is 4. The van der Waals surface area contributed by atoms with E-state index in [9.17, 15) is 9.59 Å². The molecule has 2 aliphatic rings. The molecule has 10 heteroatoms. The van der Waals surface area contributed by atoms with Gasteiger partial charge in [0.1, 0.15) is 6.61 Å². The van der Waals surface area contributed by atoms with Crippen molar-refractivity contribution in [3.8, 4) is 0 Å². The lowest BCUT2D eigenvalue weighted by atomic mass is 9.80. The summed E-state index contributed by atoms with van der Waals surface area (Å²) in [5.74, 6) is 1.25. The number of amides is 2.